The van der Waals surface area contributed by atoms with Crippen LogP contribution in [0.3, 0.4) is 0 Å². The standard InChI is InChI=1S/C12H11N5O3/c18-17(19)16-12(14-10-5-2-1-3-6-10)15-13-9-11-7-4-8-20-11/h1-9H,(H2,14,15,16). The largest absolute Gasteiger partial charge is 0.463 e. The number of nitrogens with zero attached hydrogens (tertiary/aromatic N) is 3. The molecule has 0 unspecified atom stereocenters. The fraction of sp³-hybridized carbons (Fsp3) is 0. The van der Waals surface area contributed by atoms with E-state index in [1.54, 1.807) is 36.4 Å². The van der Waals surface area contributed by atoms with Crippen LogP contribution in [-0.2, 0) is 0 Å². The third-order valence-electron chi connectivity index (χ3n) is 2.10. The van der Waals surface area contributed by atoms with Crippen LogP contribution >= 0.6 is 0 Å². The zero-order valence-electron chi connectivity index (χ0n) is 10.3. The molecule has 1 heterocycles. The second-order valence-corrected chi connectivity index (χ2v) is 3.55. The highest BCUT2D eigenvalue weighted by molar-refractivity contribution is 5.83. The molecule has 0 saturated carbocycles. The first-order valence-electron chi connectivity index (χ1n) is 5.61. The van der Waals surface area contributed by atoms with Gasteiger partial charge in [0.25, 0.3) is 5.96 Å². The van der Waals surface area contributed by atoms with Gasteiger partial charge in [0.2, 0.25) is 0 Å². The number of hydrogen-bond acceptors (Lipinski definition) is 5. The predicted octanol–water partition coefficient (Wildman–Crippen LogP) is 1.67. The molecule has 2 aromatic rings. The Kier molecular flexibility index (Phi) is 4.44. The van der Waals surface area contributed by atoms with Gasteiger partial charge in [-0.3, -0.25) is 0 Å². The van der Waals surface area contributed by atoms with E-state index in [1.165, 1.54) is 12.5 Å². The molecule has 0 aliphatic rings. The smallest absolute Gasteiger partial charge is 0.279 e. The van der Waals surface area contributed by atoms with E-state index < -0.39 is 5.03 Å². The third kappa shape index (κ3) is 4.26. The third-order valence-corrected chi connectivity index (χ3v) is 2.10. The van der Waals surface area contributed by atoms with Crippen LogP contribution in [0, 0.1) is 10.1 Å². The number of nitro groups is 1. The van der Waals surface area contributed by atoms with Gasteiger partial charge in [0.15, 0.2) is 5.03 Å². The Morgan fingerprint density at radius 3 is 2.70 bits per heavy atom. The average molecular weight is 273 g/mol. The summed E-state index contributed by atoms with van der Waals surface area (Å²) in [6, 6.07) is 12.2. The van der Waals surface area contributed by atoms with Crippen molar-refractivity contribution in [1.82, 2.24) is 10.9 Å². The number of para-hydroxylation sites is 1. The van der Waals surface area contributed by atoms with Crippen molar-refractivity contribution in [3.8, 4) is 0 Å². The van der Waals surface area contributed by atoms with E-state index in [2.05, 4.69) is 15.5 Å². The van der Waals surface area contributed by atoms with Gasteiger partial charge in [-0.15, -0.1) is 0 Å². The van der Waals surface area contributed by atoms with Gasteiger partial charge in [0, 0.05) is 0 Å². The van der Waals surface area contributed by atoms with Gasteiger partial charge in [-0.05, 0) is 24.3 Å². The van der Waals surface area contributed by atoms with E-state index in [9.17, 15) is 10.1 Å². The molecule has 0 bridgehead atoms. The zero-order chi connectivity index (χ0) is 14.2. The van der Waals surface area contributed by atoms with Crippen LogP contribution in [0.15, 0.2) is 63.2 Å². The Bertz CT molecular complexity index is 607. The Labute approximate surface area is 113 Å². The number of guanidine groups is 1. The molecule has 0 amide bonds. The predicted molar refractivity (Wildman–Crippen MR) is 73.1 cm³/mol. The molecule has 2 N–H and O–H groups in total. The molecule has 8 heteroatoms. The van der Waals surface area contributed by atoms with Crippen LogP contribution in [0.5, 0.6) is 0 Å². The summed E-state index contributed by atoms with van der Waals surface area (Å²) in [5.74, 6) is 0.404. The van der Waals surface area contributed by atoms with Crippen LogP contribution in [0.25, 0.3) is 0 Å². The highest BCUT2D eigenvalue weighted by atomic mass is 16.7. The fourth-order valence-corrected chi connectivity index (χ4v) is 1.31. The van der Waals surface area contributed by atoms with Crippen molar-refractivity contribution in [3.05, 3.63) is 64.6 Å². The molecule has 0 fully saturated rings. The van der Waals surface area contributed by atoms with E-state index >= 15 is 0 Å². The van der Waals surface area contributed by atoms with E-state index in [1.807, 2.05) is 11.5 Å². The molecule has 0 saturated heterocycles. The van der Waals surface area contributed by atoms with E-state index in [4.69, 9.17) is 4.42 Å². The van der Waals surface area contributed by atoms with Gasteiger partial charge < -0.3 is 4.42 Å². The lowest BCUT2D eigenvalue weighted by molar-refractivity contribution is -0.525. The summed E-state index contributed by atoms with van der Waals surface area (Å²) >= 11 is 0. The minimum absolute atomic E-state index is 0.107. The molecule has 0 atom stereocenters. The summed E-state index contributed by atoms with van der Waals surface area (Å²) in [4.78, 5) is 14.5. The summed E-state index contributed by atoms with van der Waals surface area (Å²) in [6.45, 7) is 0. The first kappa shape index (κ1) is 13.3. The molecular weight excluding hydrogens is 262 g/mol. The first-order valence-corrected chi connectivity index (χ1v) is 5.61. The maximum atomic E-state index is 10.5. The van der Waals surface area contributed by atoms with Crippen LogP contribution in [0.4, 0.5) is 5.69 Å². The van der Waals surface area contributed by atoms with E-state index in [0.717, 1.165) is 0 Å². The lowest BCUT2D eigenvalue weighted by Crippen LogP contribution is -2.38. The molecule has 0 spiro atoms. The Morgan fingerprint density at radius 1 is 1.25 bits per heavy atom. The number of aliphatic imine (C=N–C) groups is 1. The number of rotatable bonds is 4. The monoisotopic (exact) mass is 273 g/mol. The lowest BCUT2D eigenvalue weighted by Gasteiger charge is -2.01. The number of nitrogens with one attached hydrogen (secondary N) is 2. The van der Waals surface area contributed by atoms with Crippen LogP contribution in [0.1, 0.15) is 5.76 Å². The molecule has 0 radical (unpaired) electrons. The fourth-order valence-electron chi connectivity index (χ4n) is 1.31. The SMILES string of the molecule is O=[N+]([O-])NC(=Nc1ccccc1)NN=Cc1ccco1. The minimum Gasteiger partial charge on any atom is -0.463 e. The van der Waals surface area contributed by atoms with E-state index in [-0.39, 0.29) is 5.96 Å². The zero-order valence-corrected chi connectivity index (χ0v) is 10.3. The lowest BCUT2D eigenvalue weighted by atomic mass is 10.3. The number of hydrogen-bond donors (Lipinski definition) is 2. The van der Waals surface area contributed by atoms with Crippen molar-refractivity contribution >= 4 is 17.9 Å². The van der Waals surface area contributed by atoms with Crippen molar-refractivity contribution in [2.24, 2.45) is 10.1 Å². The minimum atomic E-state index is -0.725. The second kappa shape index (κ2) is 6.69. The second-order valence-electron chi connectivity index (χ2n) is 3.55. The summed E-state index contributed by atoms with van der Waals surface area (Å²) in [5, 5.41) is 13.6. The molecule has 1 aromatic heterocycles. The summed E-state index contributed by atoms with van der Waals surface area (Å²) in [5.41, 5.74) is 4.92. The Balaban J connectivity index is 2.07. The van der Waals surface area contributed by atoms with Crippen LogP contribution in [0.2, 0.25) is 0 Å². The van der Waals surface area contributed by atoms with Gasteiger partial charge >= 0.3 is 0 Å². The van der Waals surface area contributed by atoms with E-state index in [0.29, 0.717) is 11.4 Å². The summed E-state index contributed by atoms with van der Waals surface area (Å²) in [7, 11) is 0. The molecule has 0 aliphatic carbocycles. The molecule has 8 nitrogen and oxygen atoms in total. The van der Waals surface area contributed by atoms with Crippen molar-refractivity contribution < 1.29 is 9.45 Å². The molecule has 102 valence electrons. The molecule has 0 aliphatic heterocycles. The Hall–Kier alpha value is -3.16. The van der Waals surface area contributed by atoms with Gasteiger partial charge in [0.1, 0.15) is 5.76 Å². The maximum Gasteiger partial charge on any atom is 0.279 e. The maximum absolute atomic E-state index is 10.5. The highest BCUT2D eigenvalue weighted by Crippen LogP contribution is 2.08. The molecule has 2 rings (SSSR count). The number of benzene rings is 1. The summed E-state index contributed by atoms with van der Waals surface area (Å²) in [6.07, 6.45) is 2.87. The van der Waals surface area contributed by atoms with Gasteiger partial charge in [0.05, 0.1) is 18.2 Å². The Morgan fingerprint density at radius 2 is 2.05 bits per heavy atom. The van der Waals surface area contributed by atoms with Crippen molar-refractivity contribution in [3.63, 3.8) is 0 Å². The topological polar surface area (TPSA) is 105 Å². The van der Waals surface area contributed by atoms with Crippen LogP contribution < -0.4 is 10.9 Å². The number of furan rings is 1. The quantitative estimate of drug-likeness (QED) is 0.381. The molecule has 20 heavy (non-hydrogen) atoms. The van der Waals surface area contributed by atoms with Crippen molar-refractivity contribution in [2.75, 3.05) is 0 Å². The number of hydrazine groups is 1. The number of hydrazone groups is 1. The highest BCUT2D eigenvalue weighted by Gasteiger charge is 2.04. The molecular formula is C12H11N5O3. The van der Waals surface area contributed by atoms with Gasteiger partial charge in [-0.25, -0.2) is 20.5 Å². The average Bonchev–Trinajstić information content (AvgIpc) is 2.92. The molecule has 1 aromatic carbocycles. The van der Waals surface area contributed by atoms with Crippen molar-refractivity contribution in [2.45, 2.75) is 0 Å². The van der Waals surface area contributed by atoms with Crippen LogP contribution in [-0.4, -0.2) is 17.2 Å². The normalized spacial score (nSPS) is 11.5. The first-order chi connectivity index (χ1) is 9.74. The van der Waals surface area contributed by atoms with Gasteiger partial charge in [-0.1, -0.05) is 23.6 Å². The van der Waals surface area contributed by atoms with Gasteiger partial charge in [-0.2, -0.15) is 5.10 Å². The summed E-state index contributed by atoms with van der Waals surface area (Å²) < 4.78 is 5.03. The van der Waals surface area contributed by atoms with Crippen molar-refractivity contribution in [1.29, 1.82) is 0 Å².